The van der Waals surface area contributed by atoms with Crippen LogP contribution in [0.1, 0.15) is 22.0 Å². The Balaban J connectivity index is 1.53. The third-order valence-electron chi connectivity index (χ3n) is 4.61. The number of rotatable bonds is 4. The molecule has 1 aromatic carbocycles. The molecule has 0 bridgehead atoms. The van der Waals surface area contributed by atoms with Gasteiger partial charge in [0.25, 0.3) is 0 Å². The standard InChI is InChI=1S/C18H21N3OS/c1-12-19-13(11-23-12)5-7-21-8-6-18-16(10-21)15-9-14(22-2)3-4-17(15)20-18/h3-4,9,11,20H,5-8,10H2,1-2H3. The van der Waals surface area contributed by atoms with Gasteiger partial charge in [0, 0.05) is 54.5 Å². The summed E-state index contributed by atoms with van der Waals surface area (Å²) >= 11 is 1.74. The van der Waals surface area contributed by atoms with E-state index in [0.717, 1.165) is 43.2 Å². The number of H-pyrrole nitrogens is 1. The monoisotopic (exact) mass is 327 g/mol. The molecule has 3 aromatic rings. The van der Waals surface area contributed by atoms with Crippen LogP contribution in [0.3, 0.4) is 0 Å². The van der Waals surface area contributed by atoms with E-state index >= 15 is 0 Å². The topological polar surface area (TPSA) is 41.1 Å². The van der Waals surface area contributed by atoms with Gasteiger partial charge >= 0.3 is 0 Å². The molecule has 0 unspecified atom stereocenters. The van der Waals surface area contributed by atoms with E-state index in [1.807, 2.05) is 6.07 Å². The average molecular weight is 327 g/mol. The lowest BCUT2D eigenvalue weighted by Crippen LogP contribution is -2.32. The first-order valence-corrected chi connectivity index (χ1v) is 8.92. The molecule has 1 aliphatic rings. The van der Waals surface area contributed by atoms with Crippen molar-refractivity contribution in [2.24, 2.45) is 0 Å². The molecule has 4 nitrogen and oxygen atoms in total. The third kappa shape index (κ3) is 2.86. The zero-order chi connectivity index (χ0) is 15.8. The van der Waals surface area contributed by atoms with Gasteiger partial charge < -0.3 is 9.72 Å². The van der Waals surface area contributed by atoms with Crippen LogP contribution < -0.4 is 4.74 Å². The molecule has 0 saturated heterocycles. The van der Waals surface area contributed by atoms with Gasteiger partial charge in [0.2, 0.25) is 0 Å². The van der Waals surface area contributed by atoms with Crippen LogP contribution in [0.25, 0.3) is 10.9 Å². The van der Waals surface area contributed by atoms with Crippen molar-refractivity contribution in [2.45, 2.75) is 26.3 Å². The van der Waals surface area contributed by atoms with Crippen molar-refractivity contribution < 1.29 is 4.74 Å². The SMILES string of the molecule is COc1ccc2[nH]c3c(c2c1)CN(CCc1csc(C)n1)CC3. The number of benzene rings is 1. The summed E-state index contributed by atoms with van der Waals surface area (Å²) in [7, 11) is 1.72. The maximum absolute atomic E-state index is 5.38. The summed E-state index contributed by atoms with van der Waals surface area (Å²) in [6.45, 7) is 5.26. The minimum absolute atomic E-state index is 0.925. The summed E-state index contributed by atoms with van der Waals surface area (Å²) in [5, 5.41) is 4.64. The Labute approximate surface area is 140 Å². The summed E-state index contributed by atoms with van der Waals surface area (Å²) in [6.07, 6.45) is 2.12. The number of fused-ring (bicyclic) bond motifs is 3. The zero-order valence-electron chi connectivity index (χ0n) is 13.6. The Bertz CT molecular complexity index is 836. The fourth-order valence-electron chi connectivity index (χ4n) is 3.36. The van der Waals surface area contributed by atoms with Crippen LogP contribution in [0.15, 0.2) is 23.6 Å². The zero-order valence-corrected chi connectivity index (χ0v) is 14.4. The second-order valence-corrected chi connectivity index (χ2v) is 7.19. The van der Waals surface area contributed by atoms with Gasteiger partial charge in [-0.3, -0.25) is 4.90 Å². The highest BCUT2D eigenvalue weighted by molar-refractivity contribution is 7.09. The van der Waals surface area contributed by atoms with Gasteiger partial charge in [-0.1, -0.05) is 0 Å². The van der Waals surface area contributed by atoms with Gasteiger partial charge in [0.1, 0.15) is 5.75 Å². The normalized spacial score (nSPS) is 15.0. The van der Waals surface area contributed by atoms with Crippen molar-refractivity contribution in [2.75, 3.05) is 20.2 Å². The number of aryl methyl sites for hydroxylation is 1. The van der Waals surface area contributed by atoms with Gasteiger partial charge in [-0.15, -0.1) is 11.3 Å². The van der Waals surface area contributed by atoms with E-state index in [-0.39, 0.29) is 0 Å². The molecular weight excluding hydrogens is 306 g/mol. The number of thiazole rings is 1. The van der Waals surface area contributed by atoms with E-state index in [0.29, 0.717) is 0 Å². The first-order valence-electron chi connectivity index (χ1n) is 8.04. The molecule has 1 aliphatic heterocycles. The number of aromatic amines is 1. The second-order valence-electron chi connectivity index (χ2n) is 6.13. The van der Waals surface area contributed by atoms with Crippen molar-refractivity contribution in [3.05, 3.63) is 45.5 Å². The number of nitrogens with one attached hydrogen (secondary N) is 1. The Morgan fingerprint density at radius 2 is 2.30 bits per heavy atom. The van der Waals surface area contributed by atoms with E-state index in [4.69, 9.17) is 4.74 Å². The van der Waals surface area contributed by atoms with Crippen molar-refractivity contribution in [3.63, 3.8) is 0 Å². The molecule has 0 atom stereocenters. The molecule has 120 valence electrons. The van der Waals surface area contributed by atoms with Crippen LogP contribution in [0.2, 0.25) is 0 Å². The molecule has 0 radical (unpaired) electrons. The van der Waals surface area contributed by atoms with Crippen LogP contribution in [-0.4, -0.2) is 35.1 Å². The number of hydrogen-bond acceptors (Lipinski definition) is 4. The van der Waals surface area contributed by atoms with Gasteiger partial charge in [0.15, 0.2) is 0 Å². The van der Waals surface area contributed by atoms with Gasteiger partial charge in [0.05, 0.1) is 17.8 Å². The van der Waals surface area contributed by atoms with E-state index in [1.165, 1.54) is 27.9 Å². The lowest BCUT2D eigenvalue weighted by atomic mass is 10.0. The van der Waals surface area contributed by atoms with E-state index in [1.54, 1.807) is 18.4 Å². The summed E-state index contributed by atoms with van der Waals surface area (Å²) in [6, 6.07) is 6.29. The first-order chi connectivity index (χ1) is 11.2. The molecule has 0 fully saturated rings. The number of nitrogens with zero attached hydrogens (tertiary/aromatic N) is 2. The summed E-state index contributed by atoms with van der Waals surface area (Å²) in [5.74, 6) is 0.925. The molecular formula is C18H21N3OS. The summed E-state index contributed by atoms with van der Waals surface area (Å²) in [4.78, 5) is 10.7. The average Bonchev–Trinajstić information content (AvgIpc) is 3.15. The minimum Gasteiger partial charge on any atom is -0.497 e. The van der Waals surface area contributed by atoms with E-state index in [9.17, 15) is 0 Å². The Kier molecular flexibility index (Phi) is 3.83. The highest BCUT2D eigenvalue weighted by Gasteiger charge is 2.20. The highest BCUT2D eigenvalue weighted by Crippen LogP contribution is 2.30. The third-order valence-corrected chi connectivity index (χ3v) is 5.43. The molecule has 2 aromatic heterocycles. The predicted octanol–water partition coefficient (Wildman–Crippen LogP) is 3.54. The number of aromatic nitrogens is 2. The molecule has 0 aliphatic carbocycles. The summed E-state index contributed by atoms with van der Waals surface area (Å²) in [5.41, 5.74) is 5.25. The first kappa shape index (κ1) is 14.7. The summed E-state index contributed by atoms with van der Waals surface area (Å²) < 4.78 is 5.38. The lowest BCUT2D eigenvalue weighted by Gasteiger charge is -2.26. The lowest BCUT2D eigenvalue weighted by molar-refractivity contribution is 0.257. The maximum Gasteiger partial charge on any atom is 0.119 e. The molecule has 0 amide bonds. The van der Waals surface area contributed by atoms with Crippen LogP contribution in [-0.2, 0) is 19.4 Å². The number of hydrogen-bond donors (Lipinski definition) is 1. The largest absolute Gasteiger partial charge is 0.497 e. The second kappa shape index (κ2) is 5.98. The highest BCUT2D eigenvalue weighted by atomic mass is 32.1. The molecule has 5 heteroatoms. The Morgan fingerprint density at radius 3 is 3.09 bits per heavy atom. The van der Waals surface area contributed by atoms with Crippen molar-refractivity contribution >= 4 is 22.2 Å². The van der Waals surface area contributed by atoms with Crippen LogP contribution in [0.4, 0.5) is 0 Å². The molecule has 1 N–H and O–H groups in total. The van der Waals surface area contributed by atoms with Crippen molar-refractivity contribution in [1.29, 1.82) is 0 Å². The van der Waals surface area contributed by atoms with Gasteiger partial charge in [-0.25, -0.2) is 4.98 Å². The minimum atomic E-state index is 0.925. The Hall–Kier alpha value is -1.85. The van der Waals surface area contributed by atoms with Gasteiger partial charge in [-0.2, -0.15) is 0 Å². The molecule has 0 saturated carbocycles. The number of ether oxygens (including phenoxy) is 1. The quantitative estimate of drug-likeness (QED) is 0.797. The molecule has 0 spiro atoms. The van der Waals surface area contributed by atoms with E-state index < -0.39 is 0 Å². The smallest absolute Gasteiger partial charge is 0.119 e. The van der Waals surface area contributed by atoms with Crippen LogP contribution in [0, 0.1) is 6.92 Å². The predicted molar refractivity (Wildman–Crippen MR) is 94.4 cm³/mol. The van der Waals surface area contributed by atoms with Gasteiger partial charge in [-0.05, 0) is 30.7 Å². The van der Waals surface area contributed by atoms with Crippen LogP contribution in [0.5, 0.6) is 5.75 Å². The van der Waals surface area contributed by atoms with E-state index in [2.05, 4.69) is 39.3 Å². The number of methoxy groups -OCH3 is 1. The molecule has 3 heterocycles. The van der Waals surface area contributed by atoms with Crippen molar-refractivity contribution in [1.82, 2.24) is 14.9 Å². The molecule has 4 rings (SSSR count). The van der Waals surface area contributed by atoms with Crippen molar-refractivity contribution in [3.8, 4) is 5.75 Å². The fraction of sp³-hybridized carbons (Fsp3) is 0.389. The maximum atomic E-state index is 5.38. The Morgan fingerprint density at radius 1 is 1.39 bits per heavy atom. The van der Waals surface area contributed by atoms with Crippen LogP contribution >= 0.6 is 11.3 Å². The fourth-order valence-corrected chi connectivity index (χ4v) is 4.01. The molecule has 23 heavy (non-hydrogen) atoms.